The third-order valence-corrected chi connectivity index (χ3v) is 8.94. The van der Waals surface area contributed by atoms with Gasteiger partial charge in [-0.2, -0.15) is 0 Å². The van der Waals surface area contributed by atoms with Crippen molar-refractivity contribution in [3.63, 3.8) is 0 Å². The van der Waals surface area contributed by atoms with Crippen LogP contribution in [-0.4, -0.2) is 37.5 Å². The second-order valence-corrected chi connectivity index (χ2v) is 12.1. The summed E-state index contributed by atoms with van der Waals surface area (Å²) >= 11 is 2.98. The number of hydrogen-bond donors (Lipinski definition) is 0. The first-order valence-electron chi connectivity index (χ1n) is 12.0. The van der Waals surface area contributed by atoms with Gasteiger partial charge in [0.25, 0.3) is 5.56 Å². The summed E-state index contributed by atoms with van der Waals surface area (Å²) in [5.74, 6) is 0.930. The lowest BCUT2D eigenvalue weighted by molar-refractivity contribution is -0.139. The van der Waals surface area contributed by atoms with E-state index < -0.39 is 0 Å². The monoisotopic (exact) mass is 510 g/mol. The number of fused-ring (bicyclic) bond motifs is 5. The molecule has 0 aliphatic heterocycles. The normalized spacial score (nSPS) is 16.1. The minimum absolute atomic E-state index is 0.0163. The van der Waals surface area contributed by atoms with E-state index in [1.807, 2.05) is 34.7 Å². The molecule has 5 rings (SSSR count). The van der Waals surface area contributed by atoms with Crippen molar-refractivity contribution in [2.45, 2.75) is 58.7 Å². The lowest BCUT2D eigenvalue weighted by Crippen LogP contribution is -2.27. The molecule has 0 saturated carbocycles. The molecule has 0 saturated heterocycles. The smallest absolute Gasteiger partial charge is 0.316 e. The summed E-state index contributed by atoms with van der Waals surface area (Å²) in [5.41, 5.74) is 2.40. The van der Waals surface area contributed by atoms with Crippen molar-refractivity contribution in [1.29, 1.82) is 0 Å². The summed E-state index contributed by atoms with van der Waals surface area (Å²) in [5, 5.41) is 10.2. The molecular weight excluding hydrogens is 480 g/mol. The molecule has 184 valence electrons. The van der Waals surface area contributed by atoms with E-state index in [9.17, 15) is 9.59 Å². The van der Waals surface area contributed by atoms with Crippen LogP contribution in [0.2, 0.25) is 0 Å². The van der Waals surface area contributed by atoms with Crippen LogP contribution in [0.4, 0.5) is 0 Å². The van der Waals surface area contributed by atoms with Gasteiger partial charge in [0.05, 0.1) is 24.3 Å². The number of rotatable bonds is 6. The molecule has 1 aliphatic carbocycles. The lowest BCUT2D eigenvalue weighted by atomic mass is 9.72. The number of hydrogen-bond acceptors (Lipinski definition) is 7. The van der Waals surface area contributed by atoms with Gasteiger partial charge in [-0.3, -0.25) is 14.2 Å². The van der Waals surface area contributed by atoms with E-state index in [-0.39, 0.29) is 22.7 Å². The van der Waals surface area contributed by atoms with Gasteiger partial charge in [0.2, 0.25) is 5.78 Å². The highest BCUT2D eigenvalue weighted by atomic mass is 32.2. The quantitative estimate of drug-likeness (QED) is 0.270. The van der Waals surface area contributed by atoms with Gasteiger partial charge in [0, 0.05) is 4.88 Å². The second-order valence-electron chi connectivity index (χ2n) is 10.1. The molecule has 3 heterocycles. The molecule has 1 atom stereocenters. The Hall–Kier alpha value is -2.65. The fourth-order valence-electron chi connectivity index (χ4n) is 4.86. The topological polar surface area (TPSA) is 78.5 Å². The molecule has 3 aromatic heterocycles. The van der Waals surface area contributed by atoms with Crippen LogP contribution < -0.4 is 5.56 Å². The zero-order valence-corrected chi connectivity index (χ0v) is 22.2. The number of aryl methyl sites for hydroxylation is 1. The Bertz CT molecular complexity index is 1450. The zero-order chi connectivity index (χ0) is 24.7. The van der Waals surface area contributed by atoms with Gasteiger partial charge in [-0.1, -0.05) is 62.9 Å². The number of thioether (sulfide) groups is 1. The Morgan fingerprint density at radius 2 is 2.00 bits per heavy atom. The third-order valence-electron chi connectivity index (χ3n) is 6.80. The zero-order valence-electron chi connectivity index (χ0n) is 20.5. The van der Waals surface area contributed by atoms with E-state index in [1.165, 1.54) is 22.2 Å². The molecule has 4 aromatic rings. The molecule has 0 spiro atoms. The molecule has 35 heavy (non-hydrogen) atoms. The van der Waals surface area contributed by atoms with Crippen molar-refractivity contribution in [2.24, 2.45) is 11.3 Å². The predicted octanol–water partition coefficient (Wildman–Crippen LogP) is 4.96. The molecular formula is C26H30N4O3S2. The lowest BCUT2D eigenvalue weighted by Gasteiger charge is -2.33. The minimum atomic E-state index is -0.290. The molecule has 0 amide bonds. The molecule has 7 nitrogen and oxygen atoms in total. The molecule has 0 N–H and O–H groups in total. The van der Waals surface area contributed by atoms with Gasteiger partial charge in [-0.25, -0.2) is 4.40 Å². The first kappa shape index (κ1) is 24.1. The molecule has 0 unspecified atom stereocenters. The van der Waals surface area contributed by atoms with Crippen molar-refractivity contribution in [3.05, 3.63) is 56.7 Å². The van der Waals surface area contributed by atoms with Crippen LogP contribution in [0.25, 0.3) is 16.0 Å². The summed E-state index contributed by atoms with van der Waals surface area (Å²) in [6.07, 6.45) is 2.95. The number of esters is 1. The SMILES string of the molecule is CCOC(=O)CSc1nnc2n(Cc3ccccc3)c(=O)c3c4c(sc3n12)C[C@@H](C(C)(C)C)CC4. The van der Waals surface area contributed by atoms with Crippen molar-refractivity contribution in [1.82, 2.24) is 19.2 Å². The highest BCUT2D eigenvalue weighted by Crippen LogP contribution is 2.43. The Morgan fingerprint density at radius 3 is 2.71 bits per heavy atom. The van der Waals surface area contributed by atoms with E-state index in [0.29, 0.717) is 30.0 Å². The van der Waals surface area contributed by atoms with Crippen LogP contribution in [0.5, 0.6) is 0 Å². The maximum atomic E-state index is 13.9. The number of thiophene rings is 1. The molecule has 0 fully saturated rings. The highest BCUT2D eigenvalue weighted by Gasteiger charge is 2.33. The predicted molar refractivity (Wildman–Crippen MR) is 141 cm³/mol. The van der Waals surface area contributed by atoms with Crippen LogP contribution in [0, 0.1) is 11.3 Å². The van der Waals surface area contributed by atoms with E-state index in [2.05, 4.69) is 31.0 Å². The summed E-state index contributed by atoms with van der Waals surface area (Å²) in [6, 6.07) is 9.93. The first-order valence-corrected chi connectivity index (χ1v) is 13.8. The second kappa shape index (κ2) is 9.43. The molecule has 9 heteroatoms. The number of benzene rings is 1. The van der Waals surface area contributed by atoms with Crippen LogP contribution in [0.15, 0.2) is 40.3 Å². The summed E-state index contributed by atoms with van der Waals surface area (Å²) in [4.78, 5) is 28.1. The van der Waals surface area contributed by atoms with Gasteiger partial charge < -0.3 is 4.74 Å². The van der Waals surface area contributed by atoms with Crippen molar-refractivity contribution >= 4 is 45.1 Å². The largest absolute Gasteiger partial charge is 0.465 e. The molecule has 1 aliphatic rings. The third kappa shape index (κ3) is 4.51. The van der Waals surface area contributed by atoms with Crippen LogP contribution in [0.1, 0.15) is 50.1 Å². The van der Waals surface area contributed by atoms with E-state index in [4.69, 9.17) is 4.74 Å². The Morgan fingerprint density at radius 1 is 1.23 bits per heavy atom. The number of nitrogens with zero attached hydrogens (tertiary/aromatic N) is 4. The van der Waals surface area contributed by atoms with Crippen molar-refractivity contribution in [2.75, 3.05) is 12.4 Å². The number of carbonyl (C=O) groups excluding carboxylic acids is 1. The highest BCUT2D eigenvalue weighted by molar-refractivity contribution is 7.99. The average molecular weight is 511 g/mol. The van der Waals surface area contributed by atoms with Gasteiger partial charge in [0.1, 0.15) is 4.83 Å². The maximum Gasteiger partial charge on any atom is 0.316 e. The first-order chi connectivity index (χ1) is 16.8. The van der Waals surface area contributed by atoms with Crippen molar-refractivity contribution < 1.29 is 9.53 Å². The van der Waals surface area contributed by atoms with Gasteiger partial charge in [-0.05, 0) is 48.6 Å². The summed E-state index contributed by atoms with van der Waals surface area (Å²) in [7, 11) is 0. The number of ether oxygens (including phenoxy) is 1. The van der Waals surface area contributed by atoms with E-state index in [1.54, 1.807) is 22.8 Å². The fraction of sp³-hybridized carbons (Fsp3) is 0.462. The van der Waals surface area contributed by atoms with Crippen LogP contribution in [0.3, 0.4) is 0 Å². The van der Waals surface area contributed by atoms with Crippen molar-refractivity contribution in [3.8, 4) is 0 Å². The fourth-order valence-corrected chi connectivity index (χ4v) is 7.06. The maximum absolute atomic E-state index is 13.9. The van der Waals surface area contributed by atoms with Crippen LogP contribution in [-0.2, 0) is 28.9 Å². The molecule has 0 bridgehead atoms. The van der Waals surface area contributed by atoms with Crippen LogP contribution >= 0.6 is 23.1 Å². The standard InChI is InChI=1S/C26H30N4O3S2/c1-5-33-20(31)15-34-25-28-27-24-29(14-16-9-7-6-8-10-16)22(32)21-18-12-11-17(26(2,3)4)13-19(18)35-23(21)30(24)25/h6-10,17H,5,11-15H2,1-4H3/t17-/m0/s1. The molecule has 0 radical (unpaired) electrons. The molecule has 1 aromatic carbocycles. The van der Waals surface area contributed by atoms with Gasteiger partial charge in [-0.15, -0.1) is 21.5 Å². The minimum Gasteiger partial charge on any atom is -0.465 e. The van der Waals surface area contributed by atoms with Gasteiger partial charge >= 0.3 is 5.97 Å². The Kier molecular flexibility index (Phi) is 6.48. The van der Waals surface area contributed by atoms with E-state index in [0.717, 1.165) is 35.0 Å². The number of carbonyl (C=O) groups is 1. The summed E-state index contributed by atoms with van der Waals surface area (Å²) in [6.45, 7) is 9.44. The number of aromatic nitrogens is 4. The van der Waals surface area contributed by atoms with Gasteiger partial charge in [0.15, 0.2) is 5.16 Å². The summed E-state index contributed by atoms with van der Waals surface area (Å²) < 4.78 is 8.80. The average Bonchev–Trinajstić information content (AvgIpc) is 3.42. The Balaban J connectivity index is 1.69. The van der Waals surface area contributed by atoms with E-state index >= 15 is 0 Å². The Labute approximate surface area is 212 Å².